The third-order valence-corrected chi connectivity index (χ3v) is 4.66. The Bertz CT molecular complexity index is 477. The molecular weight excluding hydrogens is 264 g/mol. The fraction of sp³-hybridized carbons (Fsp3) is 0.588. The van der Waals surface area contributed by atoms with Crippen LogP contribution in [0.1, 0.15) is 33.1 Å². The van der Waals surface area contributed by atoms with Crippen LogP contribution in [0.4, 0.5) is 10.5 Å². The first kappa shape index (κ1) is 15.8. The maximum absolute atomic E-state index is 12.2. The summed E-state index contributed by atoms with van der Waals surface area (Å²) in [6.45, 7) is 8.01. The smallest absolute Gasteiger partial charge is 0.410 e. The molecule has 0 atom stereocenters. The number of benzene rings is 1. The molecule has 0 bridgehead atoms. The van der Waals surface area contributed by atoms with E-state index in [1.165, 1.54) is 12.1 Å². The van der Waals surface area contributed by atoms with Crippen molar-refractivity contribution in [2.45, 2.75) is 33.1 Å². The summed E-state index contributed by atoms with van der Waals surface area (Å²) in [5, 5.41) is 0. The number of piperidine rings is 1. The summed E-state index contributed by atoms with van der Waals surface area (Å²) in [4.78, 5) is 14.0. The molecule has 0 N–H and O–H groups in total. The summed E-state index contributed by atoms with van der Waals surface area (Å²) in [6, 6.07) is 7.93. The summed E-state index contributed by atoms with van der Waals surface area (Å²) in [7, 11) is 2.20. The molecule has 0 aliphatic carbocycles. The van der Waals surface area contributed by atoms with Gasteiger partial charge in [-0.25, -0.2) is 4.79 Å². The largest absolute Gasteiger partial charge is 0.415 e. The molecule has 4 heteroatoms. The highest BCUT2D eigenvalue weighted by molar-refractivity contribution is 5.71. The Morgan fingerprint density at radius 3 is 2.48 bits per heavy atom. The van der Waals surface area contributed by atoms with E-state index < -0.39 is 0 Å². The van der Waals surface area contributed by atoms with Crippen molar-refractivity contribution in [2.75, 3.05) is 33.2 Å². The van der Waals surface area contributed by atoms with Crippen LogP contribution in [-0.4, -0.2) is 44.2 Å². The second-order valence-electron chi connectivity index (χ2n) is 5.94. The van der Waals surface area contributed by atoms with Crippen molar-refractivity contribution >= 4 is 11.8 Å². The fourth-order valence-corrected chi connectivity index (χ4v) is 2.71. The maximum atomic E-state index is 12.2. The predicted octanol–water partition coefficient (Wildman–Crippen LogP) is 3.65. The van der Waals surface area contributed by atoms with Crippen LogP contribution in [0.25, 0.3) is 0 Å². The Balaban J connectivity index is 2.08. The quantitative estimate of drug-likeness (QED) is 0.793. The Hall–Kier alpha value is -1.55. The summed E-state index contributed by atoms with van der Waals surface area (Å²) in [6.07, 6.45) is 3.15. The average molecular weight is 291 g/mol. The van der Waals surface area contributed by atoms with E-state index in [2.05, 4.69) is 27.0 Å². The fourth-order valence-electron chi connectivity index (χ4n) is 2.71. The number of amides is 1. The van der Waals surface area contributed by atoms with Gasteiger partial charge in [0.15, 0.2) is 0 Å². The lowest BCUT2D eigenvalue weighted by Gasteiger charge is -2.32. The molecule has 1 aliphatic rings. The maximum Gasteiger partial charge on any atom is 0.415 e. The van der Waals surface area contributed by atoms with Crippen molar-refractivity contribution in [3.63, 3.8) is 0 Å². The topological polar surface area (TPSA) is 29.5 Å². The number of ether oxygens (including phenoxy) is 1. The van der Waals surface area contributed by atoms with Gasteiger partial charge in [-0.3, -0.25) is 4.48 Å². The summed E-state index contributed by atoms with van der Waals surface area (Å²) < 4.78 is 6.40. The third kappa shape index (κ3) is 3.76. The first-order valence-electron chi connectivity index (χ1n) is 8.01. The molecule has 1 aliphatic heterocycles. The highest BCUT2D eigenvalue weighted by Gasteiger charge is 2.22. The van der Waals surface area contributed by atoms with E-state index in [-0.39, 0.29) is 6.09 Å². The van der Waals surface area contributed by atoms with Gasteiger partial charge in [-0.1, -0.05) is 6.07 Å². The van der Waals surface area contributed by atoms with Crippen LogP contribution in [0.5, 0.6) is 5.75 Å². The molecule has 116 valence electrons. The van der Waals surface area contributed by atoms with Gasteiger partial charge in [-0.05, 0) is 45.2 Å². The van der Waals surface area contributed by atoms with Crippen LogP contribution in [-0.2, 0) is 0 Å². The monoisotopic (exact) mass is 291 g/mol. The van der Waals surface area contributed by atoms with E-state index in [1.54, 1.807) is 0 Å². The summed E-state index contributed by atoms with van der Waals surface area (Å²) in [5.41, 5.74) is 1.18. The second kappa shape index (κ2) is 6.94. The molecule has 1 aromatic carbocycles. The predicted molar refractivity (Wildman–Crippen MR) is 86.7 cm³/mol. The van der Waals surface area contributed by atoms with Gasteiger partial charge >= 0.3 is 6.09 Å². The zero-order valence-corrected chi connectivity index (χ0v) is 13.5. The minimum atomic E-state index is -0.214. The summed E-state index contributed by atoms with van der Waals surface area (Å²) >= 11 is 0. The van der Waals surface area contributed by atoms with Gasteiger partial charge in [0.1, 0.15) is 11.4 Å². The Morgan fingerprint density at radius 2 is 1.86 bits per heavy atom. The number of nitrogens with zero attached hydrogens (tertiary/aromatic N) is 2. The van der Waals surface area contributed by atoms with E-state index in [4.69, 9.17) is 4.74 Å². The number of quaternary nitrogens is 1. The first-order valence-corrected chi connectivity index (χ1v) is 8.01. The highest BCUT2D eigenvalue weighted by Crippen LogP contribution is 2.26. The molecule has 1 amide bonds. The van der Waals surface area contributed by atoms with Gasteiger partial charge in [-0.15, -0.1) is 0 Å². The minimum absolute atomic E-state index is 0.214. The number of carbonyl (C=O) groups is 1. The summed E-state index contributed by atoms with van der Waals surface area (Å²) in [5.74, 6) is 0.648. The first-order chi connectivity index (χ1) is 10.1. The van der Waals surface area contributed by atoms with Crippen LogP contribution in [0.15, 0.2) is 24.3 Å². The van der Waals surface area contributed by atoms with E-state index in [1.807, 2.05) is 23.1 Å². The number of likely N-dealkylation sites (tertiary alicyclic amines) is 1. The number of hydrogen-bond acceptors (Lipinski definition) is 2. The minimum Gasteiger partial charge on any atom is -0.410 e. The van der Waals surface area contributed by atoms with Crippen molar-refractivity contribution in [1.29, 1.82) is 0 Å². The number of hydrogen-bond donors (Lipinski definition) is 0. The van der Waals surface area contributed by atoms with Gasteiger partial charge in [0.2, 0.25) is 0 Å². The standard InChI is InChI=1S/C17H27N2O2/c1-4-19(3,5-2)15-10-9-11-16(14-15)21-17(20)18-12-7-6-8-13-18/h9-11,14H,4-8,12-13H2,1-3H3/q+1. The molecule has 0 radical (unpaired) electrons. The van der Waals surface area contributed by atoms with E-state index in [0.29, 0.717) is 5.75 Å². The second-order valence-corrected chi connectivity index (χ2v) is 5.94. The average Bonchev–Trinajstić information content (AvgIpc) is 2.55. The lowest BCUT2D eigenvalue weighted by molar-refractivity contribution is 0.142. The highest BCUT2D eigenvalue weighted by atomic mass is 16.6. The molecule has 1 aromatic rings. The third-order valence-electron chi connectivity index (χ3n) is 4.66. The van der Waals surface area contributed by atoms with Crippen molar-refractivity contribution in [2.24, 2.45) is 0 Å². The van der Waals surface area contributed by atoms with Crippen LogP contribution in [0.2, 0.25) is 0 Å². The van der Waals surface area contributed by atoms with Crippen molar-refractivity contribution in [3.8, 4) is 5.75 Å². The molecule has 0 saturated carbocycles. The van der Waals surface area contributed by atoms with Gasteiger partial charge in [-0.2, -0.15) is 0 Å². The van der Waals surface area contributed by atoms with Crippen LogP contribution in [0.3, 0.4) is 0 Å². The SMILES string of the molecule is CC[N+](C)(CC)c1cccc(OC(=O)N2CCCCC2)c1. The molecule has 0 spiro atoms. The van der Waals surface area contributed by atoms with Crippen molar-refractivity contribution in [3.05, 3.63) is 24.3 Å². The molecule has 0 unspecified atom stereocenters. The van der Waals surface area contributed by atoms with Gasteiger partial charge in [0.05, 0.1) is 20.1 Å². The molecule has 1 heterocycles. The zero-order chi connectivity index (χ0) is 15.3. The van der Waals surface area contributed by atoms with E-state index in [9.17, 15) is 4.79 Å². The van der Waals surface area contributed by atoms with E-state index in [0.717, 1.165) is 43.5 Å². The van der Waals surface area contributed by atoms with Gasteiger partial charge < -0.3 is 9.64 Å². The Labute approximate surface area is 127 Å². The van der Waals surface area contributed by atoms with Gasteiger partial charge in [0, 0.05) is 19.2 Å². The van der Waals surface area contributed by atoms with Crippen LogP contribution in [0, 0.1) is 0 Å². The molecule has 21 heavy (non-hydrogen) atoms. The lowest BCUT2D eigenvalue weighted by Crippen LogP contribution is -2.44. The Morgan fingerprint density at radius 1 is 1.19 bits per heavy atom. The molecular formula is C17H27N2O2+. The van der Waals surface area contributed by atoms with Crippen molar-refractivity contribution < 1.29 is 9.53 Å². The van der Waals surface area contributed by atoms with E-state index >= 15 is 0 Å². The van der Waals surface area contributed by atoms with Gasteiger partial charge in [0.25, 0.3) is 0 Å². The number of rotatable bonds is 4. The molecule has 2 rings (SSSR count). The Kier molecular flexibility index (Phi) is 5.23. The molecule has 0 aromatic heterocycles. The van der Waals surface area contributed by atoms with Crippen LogP contribution >= 0.6 is 0 Å². The van der Waals surface area contributed by atoms with Crippen LogP contribution < -0.4 is 9.22 Å². The molecule has 4 nitrogen and oxygen atoms in total. The number of carbonyl (C=O) groups excluding carboxylic acids is 1. The lowest BCUT2D eigenvalue weighted by atomic mass is 10.1. The zero-order valence-electron chi connectivity index (χ0n) is 13.5. The normalized spacial score (nSPS) is 15.9. The molecule has 1 saturated heterocycles. The van der Waals surface area contributed by atoms with Crippen molar-refractivity contribution in [1.82, 2.24) is 9.38 Å². The molecule has 1 fully saturated rings.